The lowest BCUT2D eigenvalue weighted by Crippen LogP contribution is -2.53. The molecular formula is C16H26N4O3. The molecule has 128 valence electrons. The molecule has 2 heterocycles. The summed E-state index contributed by atoms with van der Waals surface area (Å²) < 4.78 is 0. The summed E-state index contributed by atoms with van der Waals surface area (Å²) >= 11 is 0. The van der Waals surface area contributed by atoms with E-state index in [0.29, 0.717) is 19.1 Å². The molecule has 1 spiro atoms. The van der Waals surface area contributed by atoms with Crippen LogP contribution in [0.3, 0.4) is 0 Å². The summed E-state index contributed by atoms with van der Waals surface area (Å²) in [6.07, 6.45) is 7.28. The lowest BCUT2D eigenvalue weighted by molar-refractivity contribution is -0.148. The number of carbonyl (C=O) groups is 3. The Hall–Kier alpha value is -1.79. The third-order valence-electron chi connectivity index (χ3n) is 5.65. The van der Waals surface area contributed by atoms with Crippen LogP contribution in [0, 0.1) is 5.41 Å². The quantitative estimate of drug-likeness (QED) is 0.789. The smallest absolute Gasteiger partial charge is 0.312 e. The molecule has 0 aromatic rings. The number of nitrogens with two attached hydrogens (primary N) is 1. The molecule has 2 aliphatic heterocycles. The standard InChI is InChI=1S/C16H26N4O3/c17-15(23)18-10-13(21)19-9-7-16(11-19)6-3-8-20(14(16)22)12-4-1-2-5-12/h12H,1-11H2,(H3,17,18,23)/t16-/m1/s1. The summed E-state index contributed by atoms with van der Waals surface area (Å²) in [5.74, 6) is 0.0836. The van der Waals surface area contributed by atoms with Crippen molar-refractivity contribution in [1.82, 2.24) is 15.1 Å². The van der Waals surface area contributed by atoms with Crippen molar-refractivity contribution in [1.29, 1.82) is 0 Å². The fourth-order valence-corrected chi connectivity index (χ4v) is 4.40. The van der Waals surface area contributed by atoms with Crippen LogP contribution in [-0.2, 0) is 9.59 Å². The highest BCUT2D eigenvalue weighted by Gasteiger charge is 2.50. The van der Waals surface area contributed by atoms with E-state index in [-0.39, 0.29) is 18.4 Å². The van der Waals surface area contributed by atoms with Gasteiger partial charge in [-0.1, -0.05) is 12.8 Å². The fourth-order valence-electron chi connectivity index (χ4n) is 4.40. The van der Waals surface area contributed by atoms with Gasteiger partial charge in [-0.3, -0.25) is 9.59 Å². The average Bonchev–Trinajstić information content (AvgIpc) is 3.18. The Balaban J connectivity index is 1.64. The second kappa shape index (κ2) is 6.37. The van der Waals surface area contributed by atoms with Gasteiger partial charge in [0.1, 0.15) is 0 Å². The number of rotatable bonds is 3. The summed E-state index contributed by atoms with van der Waals surface area (Å²) in [7, 11) is 0. The number of carbonyl (C=O) groups excluding carboxylic acids is 3. The predicted octanol–water partition coefficient (Wildman–Crippen LogP) is 0.438. The molecule has 0 radical (unpaired) electrons. The van der Waals surface area contributed by atoms with Gasteiger partial charge >= 0.3 is 6.03 Å². The van der Waals surface area contributed by atoms with Gasteiger partial charge in [0, 0.05) is 25.7 Å². The lowest BCUT2D eigenvalue weighted by Gasteiger charge is -2.42. The Kier molecular flexibility index (Phi) is 4.46. The maximum absolute atomic E-state index is 13.1. The van der Waals surface area contributed by atoms with Crippen LogP contribution < -0.4 is 11.1 Å². The van der Waals surface area contributed by atoms with Crippen LogP contribution in [0.5, 0.6) is 0 Å². The molecular weight excluding hydrogens is 296 g/mol. The zero-order valence-electron chi connectivity index (χ0n) is 13.6. The van der Waals surface area contributed by atoms with Crippen LogP contribution in [0.25, 0.3) is 0 Å². The van der Waals surface area contributed by atoms with Crippen molar-refractivity contribution < 1.29 is 14.4 Å². The van der Waals surface area contributed by atoms with Gasteiger partial charge in [0.05, 0.1) is 12.0 Å². The Bertz CT molecular complexity index is 504. The van der Waals surface area contributed by atoms with Gasteiger partial charge in [0.2, 0.25) is 11.8 Å². The molecule has 0 bridgehead atoms. The minimum atomic E-state index is -0.701. The number of primary amides is 1. The number of urea groups is 1. The summed E-state index contributed by atoms with van der Waals surface area (Å²) in [6.45, 7) is 1.84. The first-order valence-corrected chi connectivity index (χ1v) is 8.64. The van der Waals surface area contributed by atoms with E-state index in [1.807, 2.05) is 0 Å². The molecule has 3 fully saturated rings. The van der Waals surface area contributed by atoms with Crippen molar-refractivity contribution in [2.24, 2.45) is 11.1 Å². The number of piperidine rings is 1. The van der Waals surface area contributed by atoms with E-state index >= 15 is 0 Å². The van der Waals surface area contributed by atoms with Crippen molar-refractivity contribution in [3.8, 4) is 0 Å². The number of hydrogen-bond acceptors (Lipinski definition) is 3. The molecule has 3 rings (SSSR count). The first kappa shape index (κ1) is 16.1. The van der Waals surface area contributed by atoms with Crippen LogP contribution in [0.4, 0.5) is 4.79 Å². The molecule has 4 amide bonds. The van der Waals surface area contributed by atoms with Crippen LogP contribution in [0.15, 0.2) is 0 Å². The van der Waals surface area contributed by atoms with Gasteiger partial charge in [0.15, 0.2) is 0 Å². The highest BCUT2D eigenvalue weighted by Crippen LogP contribution is 2.42. The molecule has 3 N–H and O–H groups in total. The predicted molar refractivity (Wildman–Crippen MR) is 84.4 cm³/mol. The summed E-state index contributed by atoms with van der Waals surface area (Å²) in [4.78, 5) is 39.7. The molecule has 7 heteroatoms. The highest BCUT2D eigenvalue weighted by molar-refractivity contribution is 5.87. The summed E-state index contributed by atoms with van der Waals surface area (Å²) in [5, 5.41) is 2.33. The van der Waals surface area contributed by atoms with Crippen LogP contribution in [0.2, 0.25) is 0 Å². The van der Waals surface area contributed by atoms with Crippen LogP contribution in [0.1, 0.15) is 44.9 Å². The van der Waals surface area contributed by atoms with Gasteiger partial charge < -0.3 is 20.9 Å². The molecule has 0 aromatic carbocycles. The number of likely N-dealkylation sites (tertiary alicyclic amines) is 2. The van der Waals surface area contributed by atoms with E-state index in [0.717, 1.165) is 38.6 Å². The lowest BCUT2D eigenvalue weighted by atomic mass is 9.77. The zero-order chi connectivity index (χ0) is 16.4. The molecule has 1 aliphatic carbocycles. The first-order chi connectivity index (χ1) is 11.0. The fraction of sp³-hybridized carbons (Fsp3) is 0.812. The Labute approximate surface area is 136 Å². The second-order valence-electron chi connectivity index (χ2n) is 7.10. The monoisotopic (exact) mass is 322 g/mol. The molecule has 23 heavy (non-hydrogen) atoms. The van der Waals surface area contributed by atoms with Crippen molar-refractivity contribution in [3.63, 3.8) is 0 Å². The summed E-state index contributed by atoms with van der Waals surface area (Å²) in [5.41, 5.74) is 4.60. The van der Waals surface area contributed by atoms with E-state index in [4.69, 9.17) is 5.73 Å². The molecule has 1 saturated carbocycles. The molecule has 0 unspecified atom stereocenters. The molecule has 1 atom stereocenters. The molecule has 2 saturated heterocycles. The summed E-state index contributed by atoms with van der Waals surface area (Å²) in [6, 6.07) is -0.297. The first-order valence-electron chi connectivity index (χ1n) is 8.64. The van der Waals surface area contributed by atoms with Gasteiger partial charge in [0.25, 0.3) is 0 Å². The third kappa shape index (κ3) is 3.14. The maximum atomic E-state index is 13.1. The number of hydrogen-bond donors (Lipinski definition) is 2. The van der Waals surface area contributed by atoms with Gasteiger partial charge in [-0.15, -0.1) is 0 Å². The molecule has 3 aliphatic rings. The topological polar surface area (TPSA) is 95.7 Å². The molecule has 7 nitrogen and oxygen atoms in total. The van der Waals surface area contributed by atoms with Gasteiger partial charge in [-0.2, -0.15) is 0 Å². The Morgan fingerprint density at radius 3 is 2.61 bits per heavy atom. The van der Waals surface area contributed by atoms with Crippen molar-refractivity contribution in [2.75, 3.05) is 26.2 Å². The minimum absolute atomic E-state index is 0.0913. The van der Waals surface area contributed by atoms with Crippen molar-refractivity contribution >= 4 is 17.8 Å². The zero-order valence-corrected chi connectivity index (χ0v) is 13.6. The minimum Gasteiger partial charge on any atom is -0.352 e. The van der Waals surface area contributed by atoms with E-state index in [1.54, 1.807) is 4.90 Å². The van der Waals surface area contributed by atoms with Gasteiger partial charge in [-0.25, -0.2) is 4.79 Å². The number of amides is 4. The Morgan fingerprint density at radius 2 is 1.91 bits per heavy atom. The second-order valence-corrected chi connectivity index (χ2v) is 7.10. The maximum Gasteiger partial charge on any atom is 0.312 e. The van der Waals surface area contributed by atoms with Crippen molar-refractivity contribution in [2.45, 2.75) is 51.0 Å². The number of nitrogens with one attached hydrogen (secondary N) is 1. The number of nitrogens with zero attached hydrogens (tertiary/aromatic N) is 2. The van der Waals surface area contributed by atoms with Gasteiger partial charge in [-0.05, 0) is 32.1 Å². The van der Waals surface area contributed by atoms with Crippen molar-refractivity contribution in [3.05, 3.63) is 0 Å². The highest BCUT2D eigenvalue weighted by atomic mass is 16.2. The SMILES string of the molecule is NC(=O)NCC(=O)N1CC[C@]2(CCCN(C3CCCC3)C2=O)C1. The van der Waals surface area contributed by atoms with Crippen LogP contribution in [-0.4, -0.2) is 59.9 Å². The van der Waals surface area contributed by atoms with E-state index in [1.165, 1.54) is 12.8 Å². The largest absolute Gasteiger partial charge is 0.352 e. The van der Waals surface area contributed by atoms with E-state index in [9.17, 15) is 14.4 Å². The van der Waals surface area contributed by atoms with E-state index in [2.05, 4.69) is 10.2 Å². The Morgan fingerprint density at radius 1 is 1.17 bits per heavy atom. The third-order valence-corrected chi connectivity index (χ3v) is 5.65. The average molecular weight is 322 g/mol. The van der Waals surface area contributed by atoms with Crippen LogP contribution >= 0.6 is 0 Å². The normalized spacial score (nSPS) is 28.6. The molecule has 0 aromatic heterocycles. The van der Waals surface area contributed by atoms with E-state index < -0.39 is 11.4 Å².